The lowest BCUT2D eigenvalue weighted by molar-refractivity contribution is -0.137. The zero-order valence-electron chi connectivity index (χ0n) is 17.8. The van der Waals surface area contributed by atoms with Gasteiger partial charge in [0.15, 0.2) is 0 Å². The quantitative estimate of drug-likeness (QED) is 0.570. The van der Waals surface area contributed by atoms with Crippen LogP contribution in [0.5, 0.6) is 0 Å². The summed E-state index contributed by atoms with van der Waals surface area (Å²) in [6.07, 6.45) is 0.0119. The number of nitrogens with one attached hydrogen (secondary N) is 2. The van der Waals surface area contributed by atoms with Crippen molar-refractivity contribution in [3.8, 4) is 11.1 Å². The molecule has 7 heteroatoms. The van der Waals surface area contributed by atoms with Gasteiger partial charge in [-0.15, -0.1) is 0 Å². The Morgan fingerprint density at radius 3 is 2.03 bits per heavy atom. The lowest BCUT2D eigenvalue weighted by Crippen LogP contribution is -2.49. The molecule has 31 heavy (non-hydrogen) atoms. The van der Waals surface area contributed by atoms with Crippen LogP contribution in [0.15, 0.2) is 48.5 Å². The molecule has 2 atom stereocenters. The van der Waals surface area contributed by atoms with Crippen LogP contribution in [0.3, 0.4) is 0 Å². The predicted molar refractivity (Wildman–Crippen MR) is 117 cm³/mol. The molecule has 0 aromatic heterocycles. The van der Waals surface area contributed by atoms with Crippen LogP contribution in [0.25, 0.3) is 11.1 Å². The third-order valence-electron chi connectivity index (χ3n) is 5.62. The van der Waals surface area contributed by atoms with Crippen LogP contribution < -0.4 is 10.6 Å². The molecule has 2 amide bonds. The summed E-state index contributed by atoms with van der Waals surface area (Å²) < 4.78 is 5.49. The number of aliphatic carboxylic acids is 1. The lowest BCUT2D eigenvalue weighted by atomic mass is 9.98. The SMILES string of the molecule is CC[C@H](CC(=O)O)NC(=O)[C@H](CC)NC(=O)OCC1c2ccccc2-c2ccccc21. The van der Waals surface area contributed by atoms with Gasteiger partial charge in [-0.05, 0) is 35.1 Å². The molecule has 0 saturated heterocycles. The maximum Gasteiger partial charge on any atom is 0.407 e. The first-order chi connectivity index (χ1) is 14.9. The fourth-order valence-corrected chi connectivity index (χ4v) is 3.95. The third kappa shape index (κ3) is 5.23. The topological polar surface area (TPSA) is 105 Å². The highest BCUT2D eigenvalue weighted by Gasteiger charge is 2.29. The summed E-state index contributed by atoms with van der Waals surface area (Å²) in [6, 6.07) is 14.8. The minimum atomic E-state index is -0.982. The first-order valence-corrected chi connectivity index (χ1v) is 10.6. The minimum absolute atomic E-state index is 0.0629. The van der Waals surface area contributed by atoms with Crippen LogP contribution in [0.4, 0.5) is 4.79 Å². The van der Waals surface area contributed by atoms with Gasteiger partial charge in [-0.2, -0.15) is 0 Å². The number of ether oxygens (including phenoxy) is 1. The molecule has 0 radical (unpaired) electrons. The summed E-state index contributed by atoms with van der Waals surface area (Å²) in [5, 5.41) is 14.2. The van der Waals surface area contributed by atoms with E-state index in [1.165, 1.54) is 0 Å². The molecule has 3 N–H and O–H groups in total. The van der Waals surface area contributed by atoms with Gasteiger partial charge in [0.1, 0.15) is 12.6 Å². The Morgan fingerprint density at radius 1 is 0.935 bits per heavy atom. The van der Waals surface area contributed by atoms with E-state index in [9.17, 15) is 14.4 Å². The van der Waals surface area contributed by atoms with Crippen molar-refractivity contribution in [1.29, 1.82) is 0 Å². The van der Waals surface area contributed by atoms with Crippen LogP contribution in [-0.4, -0.2) is 41.8 Å². The number of amides is 2. The van der Waals surface area contributed by atoms with Crippen LogP contribution >= 0.6 is 0 Å². The monoisotopic (exact) mass is 424 g/mol. The van der Waals surface area contributed by atoms with Crippen molar-refractivity contribution < 1.29 is 24.2 Å². The van der Waals surface area contributed by atoms with E-state index in [0.29, 0.717) is 12.8 Å². The molecule has 164 valence electrons. The van der Waals surface area contributed by atoms with E-state index >= 15 is 0 Å². The number of benzene rings is 2. The van der Waals surface area contributed by atoms with Gasteiger partial charge < -0.3 is 20.5 Å². The molecule has 1 aliphatic rings. The highest BCUT2D eigenvalue weighted by atomic mass is 16.5. The second kappa shape index (κ2) is 10.1. The van der Waals surface area contributed by atoms with Crippen LogP contribution in [-0.2, 0) is 14.3 Å². The summed E-state index contributed by atoms with van der Waals surface area (Å²) in [5.74, 6) is -1.46. The third-order valence-corrected chi connectivity index (χ3v) is 5.62. The van der Waals surface area contributed by atoms with Crippen molar-refractivity contribution in [3.63, 3.8) is 0 Å². The Hall–Kier alpha value is -3.35. The first-order valence-electron chi connectivity index (χ1n) is 10.6. The van der Waals surface area contributed by atoms with Gasteiger partial charge in [-0.25, -0.2) is 4.79 Å². The van der Waals surface area contributed by atoms with Crippen LogP contribution in [0, 0.1) is 0 Å². The van der Waals surface area contributed by atoms with Crippen LogP contribution in [0.1, 0.15) is 50.2 Å². The summed E-state index contributed by atoms with van der Waals surface area (Å²) in [5.41, 5.74) is 4.51. The first kappa shape index (κ1) is 22.3. The Bertz CT molecular complexity index is 913. The van der Waals surface area contributed by atoms with E-state index in [-0.39, 0.29) is 18.9 Å². The fraction of sp³-hybridized carbons (Fsp3) is 0.375. The number of fused-ring (bicyclic) bond motifs is 3. The van der Waals surface area contributed by atoms with Crippen molar-refractivity contribution in [2.24, 2.45) is 0 Å². The number of carboxylic acids is 1. The van der Waals surface area contributed by atoms with Gasteiger partial charge in [0.05, 0.1) is 6.42 Å². The standard InChI is InChI=1S/C24H28N2O5/c1-3-15(13-22(27)28)25-23(29)21(4-2)26-24(30)31-14-20-18-11-7-5-9-16(18)17-10-6-8-12-19(17)20/h5-12,15,20-21H,3-4,13-14H2,1-2H3,(H,25,29)(H,26,30)(H,27,28)/t15-,21+/m1/s1. The molecular formula is C24H28N2O5. The maximum atomic E-state index is 12.5. The van der Waals surface area contributed by atoms with E-state index in [1.54, 1.807) is 13.8 Å². The molecule has 0 unspecified atom stereocenters. The summed E-state index contributed by atoms with van der Waals surface area (Å²) >= 11 is 0. The molecule has 0 heterocycles. The molecular weight excluding hydrogens is 396 g/mol. The van der Waals surface area contributed by atoms with Crippen molar-refractivity contribution >= 4 is 18.0 Å². The smallest absolute Gasteiger partial charge is 0.407 e. The van der Waals surface area contributed by atoms with Gasteiger partial charge in [-0.3, -0.25) is 9.59 Å². The molecule has 1 aliphatic carbocycles. The number of hydrogen-bond donors (Lipinski definition) is 3. The number of alkyl carbamates (subject to hydrolysis) is 1. The van der Waals surface area contributed by atoms with Gasteiger partial charge in [0.25, 0.3) is 0 Å². The van der Waals surface area contributed by atoms with E-state index in [0.717, 1.165) is 22.3 Å². The number of hydrogen-bond acceptors (Lipinski definition) is 4. The summed E-state index contributed by atoms with van der Waals surface area (Å²) in [4.78, 5) is 35.8. The molecule has 2 aromatic carbocycles. The zero-order valence-corrected chi connectivity index (χ0v) is 17.8. The summed E-state index contributed by atoms with van der Waals surface area (Å²) in [6.45, 7) is 3.73. The van der Waals surface area contributed by atoms with E-state index in [1.807, 2.05) is 36.4 Å². The second-order valence-corrected chi connectivity index (χ2v) is 7.64. The van der Waals surface area contributed by atoms with Crippen molar-refractivity contribution in [2.45, 2.75) is 51.1 Å². The van der Waals surface area contributed by atoms with E-state index in [4.69, 9.17) is 9.84 Å². The van der Waals surface area contributed by atoms with Gasteiger partial charge in [0.2, 0.25) is 5.91 Å². The molecule has 7 nitrogen and oxygen atoms in total. The molecule has 3 rings (SSSR count). The highest BCUT2D eigenvalue weighted by molar-refractivity contribution is 5.86. The van der Waals surface area contributed by atoms with E-state index < -0.39 is 30.1 Å². The normalized spacial score (nSPS) is 14.1. The molecule has 0 spiro atoms. The summed E-state index contributed by atoms with van der Waals surface area (Å²) in [7, 11) is 0. The second-order valence-electron chi connectivity index (χ2n) is 7.64. The minimum Gasteiger partial charge on any atom is -0.481 e. The van der Waals surface area contributed by atoms with Crippen molar-refractivity contribution in [1.82, 2.24) is 10.6 Å². The Morgan fingerprint density at radius 2 is 1.52 bits per heavy atom. The molecule has 0 bridgehead atoms. The number of rotatable bonds is 9. The highest BCUT2D eigenvalue weighted by Crippen LogP contribution is 2.44. The largest absolute Gasteiger partial charge is 0.481 e. The average molecular weight is 424 g/mol. The molecule has 0 saturated carbocycles. The number of carbonyl (C=O) groups excluding carboxylic acids is 2. The molecule has 0 fully saturated rings. The van der Waals surface area contributed by atoms with Crippen molar-refractivity contribution in [3.05, 3.63) is 59.7 Å². The Balaban J connectivity index is 1.60. The zero-order chi connectivity index (χ0) is 22.4. The average Bonchev–Trinajstić information content (AvgIpc) is 3.09. The molecule has 2 aromatic rings. The molecule has 0 aliphatic heterocycles. The Labute approximate surface area is 181 Å². The van der Waals surface area contributed by atoms with Gasteiger partial charge >= 0.3 is 12.1 Å². The predicted octanol–water partition coefficient (Wildman–Crippen LogP) is 3.67. The lowest BCUT2D eigenvalue weighted by Gasteiger charge is -2.21. The number of carboxylic acid groups (broad SMARTS) is 1. The van der Waals surface area contributed by atoms with Gasteiger partial charge in [0, 0.05) is 12.0 Å². The maximum absolute atomic E-state index is 12.5. The van der Waals surface area contributed by atoms with Crippen molar-refractivity contribution in [2.75, 3.05) is 6.61 Å². The number of carbonyl (C=O) groups is 3. The van der Waals surface area contributed by atoms with E-state index in [2.05, 4.69) is 22.8 Å². The van der Waals surface area contributed by atoms with Crippen LogP contribution in [0.2, 0.25) is 0 Å². The Kier molecular flexibility index (Phi) is 7.28. The fourth-order valence-electron chi connectivity index (χ4n) is 3.95. The van der Waals surface area contributed by atoms with Gasteiger partial charge in [-0.1, -0.05) is 62.4 Å².